The molecule has 460 valence electrons. The van der Waals surface area contributed by atoms with E-state index in [0.29, 0.717) is 12.8 Å². The Morgan fingerprint density at radius 2 is 0.821 bits per heavy atom. The molecule has 2 rings (SSSR count). The second-order valence-corrected chi connectivity index (χ2v) is 23.2. The summed E-state index contributed by atoms with van der Waals surface area (Å²) >= 11 is 0. The molecule has 2 aliphatic heterocycles. The average molecular weight is 1110 g/mol. The molecule has 0 aromatic heterocycles. The Hall–Kier alpha value is -1.53. The van der Waals surface area contributed by atoms with Gasteiger partial charge in [-0.05, 0) is 32.1 Å². The molecule has 2 fully saturated rings. The van der Waals surface area contributed by atoms with Crippen LogP contribution in [0.3, 0.4) is 0 Å². The van der Waals surface area contributed by atoms with Crippen LogP contribution >= 0.6 is 0 Å². The Kier molecular flexibility index (Phi) is 46.5. The van der Waals surface area contributed by atoms with Crippen molar-refractivity contribution in [2.45, 2.75) is 357 Å². The maximum absolute atomic E-state index is 13.3. The second-order valence-electron chi connectivity index (χ2n) is 23.2. The van der Waals surface area contributed by atoms with Crippen LogP contribution in [0.15, 0.2) is 24.3 Å². The third kappa shape index (κ3) is 34.8. The maximum atomic E-state index is 13.3. The first-order valence-electron chi connectivity index (χ1n) is 32.6. The summed E-state index contributed by atoms with van der Waals surface area (Å²) in [4.78, 5) is 13.3. The van der Waals surface area contributed by atoms with Gasteiger partial charge >= 0.3 is 0 Å². The van der Waals surface area contributed by atoms with E-state index < -0.39 is 86.8 Å². The summed E-state index contributed by atoms with van der Waals surface area (Å²) in [6.07, 6.45) is 43.8. The van der Waals surface area contributed by atoms with E-state index in [9.17, 15) is 45.6 Å². The van der Waals surface area contributed by atoms with Crippen molar-refractivity contribution in [3.63, 3.8) is 0 Å². The van der Waals surface area contributed by atoms with Crippen LogP contribution in [0.2, 0.25) is 0 Å². The molecule has 0 aromatic rings. The number of amides is 1. The van der Waals surface area contributed by atoms with E-state index in [1.165, 1.54) is 218 Å². The number of nitrogens with one attached hydrogen (secondary N) is 1. The Bertz CT molecular complexity index is 1400. The zero-order valence-electron chi connectivity index (χ0n) is 49.7. The molecular formula is C64H121NO13. The number of hydrogen-bond acceptors (Lipinski definition) is 13. The quantitative estimate of drug-likeness (QED) is 0.0204. The first-order chi connectivity index (χ1) is 38.1. The van der Waals surface area contributed by atoms with E-state index >= 15 is 0 Å². The average Bonchev–Trinajstić information content (AvgIpc) is 3.48. The van der Waals surface area contributed by atoms with Gasteiger partial charge in [-0.25, -0.2) is 0 Å². The molecule has 2 saturated heterocycles. The molecule has 14 heteroatoms. The van der Waals surface area contributed by atoms with Crippen LogP contribution in [0, 0.1) is 0 Å². The SMILES string of the molecule is CCCCCCCCCCCCC/C=C/CC/C=C/C(O)C(COC1OC(CO)C(OC2OC(CO)C(O)C(O)C2O)C(O)C1O)NC(=O)CCCCCCCCCCCCCCCCCCCCCCCCCCCCC. The first kappa shape index (κ1) is 72.6. The predicted molar refractivity (Wildman–Crippen MR) is 314 cm³/mol. The minimum absolute atomic E-state index is 0.243. The lowest BCUT2D eigenvalue weighted by molar-refractivity contribution is -0.359. The molecule has 1 amide bonds. The van der Waals surface area contributed by atoms with E-state index in [0.717, 1.165) is 32.1 Å². The van der Waals surface area contributed by atoms with E-state index in [1.807, 2.05) is 6.08 Å². The van der Waals surface area contributed by atoms with E-state index in [4.69, 9.17) is 18.9 Å². The monoisotopic (exact) mass is 1110 g/mol. The molecule has 2 aliphatic rings. The lowest BCUT2D eigenvalue weighted by Gasteiger charge is -2.46. The molecule has 14 nitrogen and oxygen atoms in total. The molecule has 0 aromatic carbocycles. The standard InChI is InChI=1S/C64H121NO13/c1-3-5-7-9-11-13-15-17-19-21-22-23-24-25-26-27-28-29-30-32-34-36-38-40-42-44-46-48-56(69)65-52(53(68)47-45-43-41-39-37-35-33-31-20-18-16-14-12-10-8-6-4-2)51-75-63-61(74)59(72)62(55(50-67)77-63)78-64-60(73)58(71)57(70)54(49-66)76-64/h37,39,45,47,52-55,57-64,66-68,70-74H,3-36,38,40-44,46,48-51H2,1-2H3,(H,65,69)/b39-37+,47-45+. The van der Waals surface area contributed by atoms with Gasteiger partial charge in [0.15, 0.2) is 12.6 Å². The predicted octanol–water partition coefficient (Wildman–Crippen LogP) is 12.0. The molecule has 0 radical (unpaired) electrons. The number of hydrogen-bond donors (Lipinski definition) is 9. The van der Waals surface area contributed by atoms with Gasteiger partial charge in [-0.3, -0.25) is 4.79 Å². The third-order valence-corrected chi connectivity index (χ3v) is 16.1. The van der Waals surface area contributed by atoms with Gasteiger partial charge in [0, 0.05) is 6.42 Å². The fourth-order valence-corrected chi connectivity index (χ4v) is 10.9. The zero-order chi connectivity index (χ0) is 56.7. The third-order valence-electron chi connectivity index (χ3n) is 16.1. The molecule has 2 heterocycles. The van der Waals surface area contributed by atoms with Crippen molar-refractivity contribution in [2.24, 2.45) is 0 Å². The van der Waals surface area contributed by atoms with Crippen molar-refractivity contribution in [1.82, 2.24) is 5.32 Å². The smallest absolute Gasteiger partial charge is 0.220 e. The van der Waals surface area contributed by atoms with E-state index in [2.05, 4.69) is 31.3 Å². The molecule has 9 N–H and O–H groups in total. The molecule has 12 atom stereocenters. The summed E-state index contributed by atoms with van der Waals surface area (Å²) in [5.74, 6) is -0.243. The van der Waals surface area contributed by atoms with Crippen LogP contribution in [0.1, 0.15) is 284 Å². The van der Waals surface area contributed by atoms with Gasteiger partial charge in [0.05, 0.1) is 32.0 Å². The van der Waals surface area contributed by atoms with Gasteiger partial charge in [0.25, 0.3) is 0 Å². The summed E-state index contributed by atoms with van der Waals surface area (Å²) in [7, 11) is 0. The lowest BCUT2D eigenvalue weighted by Crippen LogP contribution is -2.65. The maximum Gasteiger partial charge on any atom is 0.220 e. The first-order valence-corrected chi connectivity index (χ1v) is 32.6. The highest BCUT2D eigenvalue weighted by molar-refractivity contribution is 5.76. The molecule has 0 bridgehead atoms. The number of unbranched alkanes of at least 4 members (excludes halogenated alkanes) is 38. The van der Waals surface area contributed by atoms with Crippen molar-refractivity contribution >= 4 is 5.91 Å². The number of carbonyl (C=O) groups excluding carboxylic acids is 1. The minimum Gasteiger partial charge on any atom is -0.394 e. The summed E-state index contributed by atoms with van der Waals surface area (Å²) in [6, 6.07) is -0.928. The summed E-state index contributed by atoms with van der Waals surface area (Å²) < 4.78 is 22.8. The van der Waals surface area contributed by atoms with E-state index in [-0.39, 0.29) is 18.9 Å². The Balaban J connectivity index is 1.70. The number of rotatable bonds is 53. The zero-order valence-corrected chi connectivity index (χ0v) is 49.7. The molecule has 12 unspecified atom stereocenters. The summed E-state index contributed by atoms with van der Waals surface area (Å²) in [5, 5.41) is 87.2. The van der Waals surface area contributed by atoms with Crippen LogP contribution in [-0.4, -0.2) is 140 Å². The summed E-state index contributed by atoms with van der Waals surface area (Å²) in [5.41, 5.74) is 0. The van der Waals surface area contributed by atoms with Crippen LogP contribution in [0.25, 0.3) is 0 Å². The molecule has 78 heavy (non-hydrogen) atoms. The molecular weight excluding hydrogens is 991 g/mol. The van der Waals surface area contributed by atoms with Crippen molar-refractivity contribution in [3.05, 3.63) is 24.3 Å². The van der Waals surface area contributed by atoms with Crippen LogP contribution in [0.4, 0.5) is 0 Å². The molecule has 0 spiro atoms. The highest BCUT2D eigenvalue weighted by atomic mass is 16.7. The van der Waals surface area contributed by atoms with Crippen LogP contribution in [0.5, 0.6) is 0 Å². The van der Waals surface area contributed by atoms with Gasteiger partial charge < -0.3 is 65.1 Å². The van der Waals surface area contributed by atoms with E-state index in [1.54, 1.807) is 6.08 Å². The van der Waals surface area contributed by atoms with Gasteiger partial charge in [0.2, 0.25) is 5.91 Å². The summed E-state index contributed by atoms with van der Waals surface area (Å²) in [6.45, 7) is 2.82. The van der Waals surface area contributed by atoms with Crippen molar-refractivity contribution < 1.29 is 64.6 Å². The number of allylic oxidation sites excluding steroid dienone is 3. The van der Waals surface area contributed by atoms with Gasteiger partial charge in [-0.15, -0.1) is 0 Å². The Morgan fingerprint density at radius 1 is 0.449 bits per heavy atom. The Morgan fingerprint density at radius 3 is 1.26 bits per heavy atom. The minimum atomic E-state index is -1.79. The molecule has 0 saturated carbocycles. The number of carbonyl (C=O) groups is 1. The van der Waals surface area contributed by atoms with Crippen molar-refractivity contribution in [3.8, 4) is 0 Å². The van der Waals surface area contributed by atoms with Crippen LogP contribution in [-0.2, 0) is 23.7 Å². The van der Waals surface area contributed by atoms with Gasteiger partial charge in [0.1, 0.15) is 48.8 Å². The largest absolute Gasteiger partial charge is 0.394 e. The van der Waals surface area contributed by atoms with Crippen molar-refractivity contribution in [2.75, 3.05) is 19.8 Å². The fraction of sp³-hybridized carbons (Fsp3) is 0.922. The number of aliphatic hydroxyl groups excluding tert-OH is 8. The second kappa shape index (κ2) is 50.0. The highest BCUT2D eigenvalue weighted by Crippen LogP contribution is 2.30. The molecule has 0 aliphatic carbocycles. The Labute approximate surface area is 475 Å². The number of ether oxygens (including phenoxy) is 4. The highest BCUT2D eigenvalue weighted by Gasteiger charge is 2.51. The fourth-order valence-electron chi connectivity index (χ4n) is 10.9. The van der Waals surface area contributed by atoms with Gasteiger partial charge in [-0.2, -0.15) is 0 Å². The lowest BCUT2D eigenvalue weighted by atomic mass is 9.97. The topological polar surface area (TPSA) is 228 Å². The number of aliphatic hydroxyl groups is 8. The van der Waals surface area contributed by atoms with Gasteiger partial charge in [-0.1, -0.05) is 269 Å². The van der Waals surface area contributed by atoms with Crippen LogP contribution < -0.4 is 5.32 Å². The normalized spacial score (nSPS) is 24.6. The van der Waals surface area contributed by atoms with Crippen molar-refractivity contribution in [1.29, 1.82) is 0 Å².